The van der Waals surface area contributed by atoms with Crippen LogP contribution in [0.25, 0.3) is 0 Å². The third-order valence-corrected chi connectivity index (χ3v) is 6.22. The molecule has 0 N–H and O–H groups in total. The molecule has 3 atom stereocenters. The van der Waals surface area contributed by atoms with E-state index in [1.807, 2.05) is 14.0 Å². The van der Waals surface area contributed by atoms with Crippen LogP contribution in [0.1, 0.15) is 50.7 Å². The molecule has 1 aromatic rings. The van der Waals surface area contributed by atoms with E-state index in [9.17, 15) is 0 Å². The number of rotatable bonds is 7. The van der Waals surface area contributed by atoms with Crippen molar-refractivity contribution in [1.82, 2.24) is 24.6 Å². The zero-order valence-corrected chi connectivity index (χ0v) is 16.4. The SMILES string of the molecule is Cc1nnc(CN(C)C2CCN(CCOC3CCCCC3C)C2)n1C. The Morgan fingerprint density at radius 2 is 2.00 bits per heavy atom. The van der Waals surface area contributed by atoms with Crippen molar-refractivity contribution in [3.63, 3.8) is 0 Å². The number of likely N-dealkylation sites (N-methyl/N-ethyl adjacent to an activating group) is 1. The summed E-state index contributed by atoms with van der Waals surface area (Å²) < 4.78 is 8.28. The number of hydrogen-bond donors (Lipinski definition) is 0. The Kier molecular flexibility index (Phi) is 6.47. The Hall–Kier alpha value is -0.980. The molecule has 142 valence electrons. The average Bonchev–Trinajstić information content (AvgIpc) is 3.19. The maximum atomic E-state index is 6.19. The molecule has 25 heavy (non-hydrogen) atoms. The number of aromatic nitrogens is 3. The Morgan fingerprint density at radius 1 is 1.20 bits per heavy atom. The second-order valence-corrected chi connectivity index (χ2v) is 8.05. The van der Waals surface area contributed by atoms with Gasteiger partial charge in [-0.15, -0.1) is 10.2 Å². The maximum Gasteiger partial charge on any atom is 0.146 e. The molecular formula is C19H35N5O. The van der Waals surface area contributed by atoms with Crippen LogP contribution in [0, 0.1) is 12.8 Å². The van der Waals surface area contributed by atoms with Crippen LogP contribution in [0.2, 0.25) is 0 Å². The maximum absolute atomic E-state index is 6.19. The van der Waals surface area contributed by atoms with E-state index in [1.54, 1.807) is 0 Å². The van der Waals surface area contributed by atoms with Crippen LogP contribution in [0.15, 0.2) is 0 Å². The van der Waals surface area contributed by atoms with Crippen LogP contribution < -0.4 is 0 Å². The summed E-state index contributed by atoms with van der Waals surface area (Å²) in [6, 6.07) is 0.602. The lowest BCUT2D eigenvalue weighted by Gasteiger charge is -2.29. The van der Waals surface area contributed by atoms with Crippen molar-refractivity contribution in [2.24, 2.45) is 13.0 Å². The minimum absolute atomic E-state index is 0.494. The van der Waals surface area contributed by atoms with Crippen molar-refractivity contribution in [2.75, 3.05) is 33.3 Å². The van der Waals surface area contributed by atoms with Crippen LogP contribution in [-0.4, -0.2) is 70.0 Å². The van der Waals surface area contributed by atoms with Crippen LogP contribution in [0.5, 0.6) is 0 Å². The van der Waals surface area contributed by atoms with Crippen molar-refractivity contribution in [1.29, 1.82) is 0 Å². The second-order valence-electron chi connectivity index (χ2n) is 8.05. The zero-order valence-electron chi connectivity index (χ0n) is 16.4. The van der Waals surface area contributed by atoms with Gasteiger partial charge in [-0.1, -0.05) is 19.8 Å². The van der Waals surface area contributed by atoms with Crippen molar-refractivity contribution in [3.05, 3.63) is 11.6 Å². The standard InChI is InChI=1S/C19H35N5O/c1-15-7-5-6-8-18(15)25-12-11-24-10-9-17(13-24)22(3)14-19-21-20-16(2)23(19)4/h15,17-18H,5-14H2,1-4H3. The molecule has 1 saturated heterocycles. The number of ether oxygens (including phenoxy) is 1. The predicted octanol–water partition coefficient (Wildman–Crippen LogP) is 2.22. The van der Waals surface area contributed by atoms with E-state index in [4.69, 9.17) is 4.74 Å². The first-order valence-electron chi connectivity index (χ1n) is 9.93. The minimum Gasteiger partial charge on any atom is -0.377 e. The summed E-state index contributed by atoms with van der Waals surface area (Å²) in [6.07, 6.45) is 7.04. The summed E-state index contributed by atoms with van der Waals surface area (Å²) in [4.78, 5) is 4.98. The topological polar surface area (TPSA) is 46.4 Å². The monoisotopic (exact) mass is 349 g/mol. The lowest BCUT2D eigenvalue weighted by Crippen LogP contribution is -2.36. The van der Waals surface area contributed by atoms with E-state index in [-0.39, 0.29) is 0 Å². The van der Waals surface area contributed by atoms with Gasteiger partial charge in [0.2, 0.25) is 0 Å². The highest BCUT2D eigenvalue weighted by Gasteiger charge is 2.27. The second kappa shape index (κ2) is 8.60. The van der Waals surface area contributed by atoms with Gasteiger partial charge in [0.25, 0.3) is 0 Å². The summed E-state index contributed by atoms with van der Waals surface area (Å²) in [5.74, 6) is 2.76. The Bertz CT molecular complexity index is 546. The van der Waals surface area contributed by atoms with Gasteiger partial charge in [0.05, 0.1) is 19.3 Å². The summed E-state index contributed by atoms with van der Waals surface area (Å²) in [5, 5.41) is 8.45. The van der Waals surface area contributed by atoms with Gasteiger partial charge < -0.3 is 9.30 Å². The molecule has 6 heteroatoms. The lowest BCUT2D eigenvalue weighted by molar-refractivity contribution is -0.0124. The van der Waals surface area contributed by atoms with Crippen molar-refractivity contribution in [3.8, 4) is 0 Å². The summed E-state index contributed by atoms with van der Waals surface area (Å²) in [6.45, 7) is 9.48. The van der Waals surface area contributed by atoms with Crippen LogP contribution >= 0.6 is 0 Å². The molecule has 2 aliphatic rings. The van der Waals surface area contributed by atoms with Gasteiger partial charge in [0.1, 0.15) is 11.6 Å². The predicted molar refractivity (Wildman–Crippen MR) is 99.4 cm³/mol. The quantitative estimate of drug-likeness (QED) is 0.755. The summed E-state index contributed by atoms with van der Waals surface area (Å²) in [5.41, 5.74) is 0. The van der Waals surface area contributed by atoms with Gasteiger partial charge in [-0.3, -0.25) is 9.80 Å². The lowest BCUT2D eigenvalue weighted by atomic mass is 9.88. The van der Waals surface area contributed by atoms with E-state index in [1.165, 1.54) is 38.6 Å². The van der Waals surface area contributed by atoms with Crippen LogP contribution in [0.3, 0.4) is 0 Å². The Morgan fingerprint density at radius 3 is 2.72 bits per heavy atom. The number of likely N-dealkylation sites (tertiary alicyclic amines) is 1. The average molecular weight is 350 g/mol. The van der Waals surface area contributed by atoms with E-state index >= 15 is 0 Å². The number of hydrogen-bond acceptors (Lipinski definition) is 5. The molecule has 2 fully saturated rings. The third kappa shape index (κ3) is 4.80. The fourth-order valence-electron chi connectivity index (χ4n) is 4.18. The van der Waals surface area contributed by atoms with Gasteiger partial charge in [-0.2, -0.15) is 0 Å². The van der Waals surface area contributed by atoms with Gasteiger partial charge in [-0.25, -0.2) is 0 Å². The molecule has 0 amide bonds. The largest absolute Gasteiger partial charge is 0.377 e. The molecular weight excluding hydrogens is 314 g/mol. The van der Waals surface area contributed by atoms with Crippen molar-refractivity contribution >= 4 is 0 Å². The fraction of sp³-hybridized carbons (Fsp3) is 0.895. The number of nitrogens with zero attached hydrogens (tertiary/aromatic N) is 5. The molecule has 3 unspecified atom stereocenters. The molecule has 1 aliphatic heterocycles. The molecule has 1 saturated carbocycles. The normalized spacial score (nSPS) is 28.1. The molecule has 0 bridgehead atoms. The van der Waals surface area contributed by atoms with Gasteiger partial charge in [0.15, 0.2) is 0 Å². The first-order chi connectivity index (χ1) is 12.0. The molecule has 6 nitrogen and oxygen atoms in total. The first-order valence-corrected chi connectivity index (χ1v) is 9.93. The zero-order chi connectivity index (χ0) is 17.8. The van der Waals surface area contributed by atoms with Crippen LogP contribution in [-0.2, 0) is 18.3 Å². The van der Waals surface area contributed by atoms with Gasteiger partial charge >= 0.3 is 0 Å². The van der Waals surface area contributed by atoms with E-state index in [0.29, 0.717) is 12.1 Å². The molecule has 0 aromatic carbocycles. The first kappa shape index (κ1) is 18.8. The highest BCUT2D eigenvalue weighted by Crippen LogP contribution is 2.26. The van der Waals surface area contributed by atoms with Crippen LogP contribution in [0.4, 0.5) is 0 Å². The van der Waals surface area contributed by atoms with Gasteiger partial charge in [0, 0.05) is 26.2 Å². The molecule has 1 aliphatic carbocycles. The smallest absolute Gasteiger partial charge is 0.146 e. The minimum atomic E-state index is 0.494. The van der Waals surface area contributed by atoms with Gasteiger partial charge in [-0.05, 0) is 45.7 Å². The molecule has 3 rings (SSSR count). The highest BCUT2D eigenvalue weighted by molar-refractivity contribution is 4.94. The molecule has 2 heterocycles. The highest BCUT2D eigenvalue weighted by atomic mass is 16.5. The number of aryl methyl sites for hydroxylation is 1. The summed E-state index contributed by atoms with van der Waals surface area (Å²) in [7, 11) is 4.25. The van der Waals surface area contributed by atoms with E-state index in [2.05, 4.69) is 38.5 Å². The van der Waals surface area contributed by atoms with Crippen molar-refractivity contribution < 1.29 is 4.74 Å². The van der Waals surface area contributed by atoms with Crippen molar-refractivity contribution in [2.45, 2.75) is 64.6 Å². The molecule has 0 radical (unpaired) electrons. The Balaban J connectivity index is 1.38. The van der Waals surface area contributed by atoms with E-state index in [0.717, 1.165) is 43.8 Å². The molecule has 0 spiro atoms. The molecule has 1 aromatic heterocycles. The fourth-order valence-corrected chi connectivity index (χ4v) is 4.18. The summed E-state index contributed by atoms with van der Waals surface area (Å²) >= 11 is 0. The van der Waals surface area contributed by atoms with E-state index < -0.39 is 0 Å². The Labute approximate surface area is 152 Å². The third-order valence-electron chi connectivity index (χ3n) is 6.22.